The second-order valence-electron chi connectivity index (χ2n) is 8.65. The van der Waals surface area contributed by atoms with Crippen molar-refractivity contribution >= 4 is 23.2 Å². The van der Waals surface area contributed by atoms with E-state index in [0.29, 0.717) is 49.6 Å². The molecular weight excluding hydrogens is 485 g/mol. The number of piperidine rings is 1. The Morgan fingerprint density at radius 3 is 2.46 bits per heavy atom. The SMILES string of the molecule is OC1CNCC(OCc2ccc(Cl)cc2Cl)C1c1ccc(OCCCOCc2ccccc2)cc1. The molecule has 3 unspecified atom stereocenters. The van der Waals surface area contributed by atoms with Gasteiger partial charge in [0.2, 0.25) is 0 Å². The largest absolute Gasteiger partial charge is 0.494 e. The van der Waals surface area contributed by atoms with Gasteiger partial charge in [0, 0.05) is 35.5 Å². The van der Waals surface area contributed by atoms with Crippen molar-refractivity contribution < 1.29 is 19.3 Å². The normalized spacial score (nSPS) is 20.0. The van der Waals surface area contributed by atoms with E-state index in [1.54, 1.807) is 12.1 Å². The molecule has 5 nitrogen and oxygen atoms in total. The van der Waals surface area contributed by atoms with E-state index in [-0.39, 0.29) is 12.0 Å². The third-order valence-corrected chi connectivity index (χ3v) is 6.65. The van der Waals surface area contributed by atoms with Gasteiger partial charge in [-0.1, -0.05) is 71.7 Å². The first-order valence-corrected chi connectivity index (χ1v) is 12.6. The zero-order chi connectivity index (χ0) is 24.5. The molecule has 35 heavy (non-hydrogen) atoms. The Balaban J connectivity index is 1.26. The zero-order valence-electron chi connectivity index (χ0n) is 19.5. The van der Waals surface area contributed by atoms with Gasteiger partial charge < -0.3 is 24.6 Å². The van der Waals surface area contributed by atoms with Gasteiger partial charge in [0.15, 0.2) is 0 Å². The van der Waals surface area contributed by atoms with E-state index in [9.17, 15) is 5.11 Å². The van der Waals surface area contributed by atoms with Crippen molar-refractivity contribution in [1.29, 1.82) is 0 Å². The highest BCUT2D eigenvalue weighted by Gasteiger charge is 2.34. The molecule has 2 N–H and O–H groups in total. The summed E-state index contributed by atoms with van der Waals surface area (Å²) in [6.45, 7) is 3.35. The Hall–Kier alpha value is -2.12. The number of benzene rings is 3. The molecule has 3 atom stereocenters. The third kappa shape index (κ3) is 7.68. The standard InChI is InChI=1S/C28H31Cl2NO4/c29-23-10-7-22(25(30)15-23)19-35-27-17-31-16-26(32)28(27)21-8-11-24(12-9-21)34-14-4-13-33-18-20-5-2-1-3-6-20/h1-3,5-12,15,26-28,31-32H,4,13-14,16-19H2. The first-order chi connectivity index (χ1) is 17.1. The lowest BCUT2D eigenvalue weighted by Crippen LogP contribution is -2.49. The van der Waals surface area contributed by atoms with Gasteiger partial charge in [0.25, 0.3) is 0 Å². The minimum atomic E-state index is -0.553. The van der Waals surface area contributed by atoms with E-state index in [1.165, 1.54) is 5.56 Å². The molecule has 3 aromatic rings. The summed E-state index contributed by atoms with van der Waals surface area (Å²) in [5, 5.41) is 15.1. The monoisotopic (exact) mass is 515 g/mol. The predicted octanol–water partition coefficient (Wildman–Crippen LogP) is 5.61. The maximum atomic E-state index is 10.7. The highest BCUT2D eigenvalue weighted by Crippen LogP contribution is 2.31. The van der Waals surface area contributed by atoms with Crippen molar-refractivity contribution in [3.05, 3.63) is 99.5 Å². The number of ether oxygens (including phenoxy) is 3. The minimum absolute atomic E-state index is 0.150. The van der Waals surface area contributed by atoms with E-state index in [4.69, 9.17) is 37.4 Å². The molecule has 4 rings (SSSR count). The Bertz CT molecular complexity index is 1050. The Labute approximate surface area is 216 Å². The van der Waals surface area contributed by atoms with Crippen molar-refractivity contribution in [2.45, 2.75) is 37.8 Å². The molecule has 1 aliphatic heterocycles. The molecule has 1 aliphatic rings. The summed E-state index contributed by atoms with van der Waals surface area (Å²) in [5.74, 6) is 0.647. The van der Waals surface area contributed by atoms with Gasteiger partial charge in [-0.15, -0.1) is 0 Å². The first kappa shape index (κ1) is 26.0. The van der Waals surface area contributed by atoms with Gasteiger partial charge >= 0.3 is 0 Å². The van der Waals surface area contributed by atoms with E-state index in [1.807, 2.05) is 48.5 Å². The smallest absolute Gasteiger partial charge is 0.119 e. The molecule has 7 heteroatoms. The third-order valence-electron chi connectivity index (χ3n) is 6.06. The molecule has 186 valence electrons. The van der Waals surface area contributed by atoms with E-state index in [0.717, 1.165) is 23.3 Å². The first-order valence-electron chi connectivity index (χ1n) is 11.9. The fraction of sp³-hybridized carbons (Fsp3) is 0.357. The summed E-state index contributed by atoms with van der Waals surface area (Å²) in [6, 6.07) is 23.4. The average molecular weight is 516 g/mol. The lowest BCUT2D eigenvalue weighted by molar-refractivity contribution is -0.0328. The van der Waals surface area contributed by atoms with Crippen LogP contribution in [0.4, 0.5) is 0 Å². The Morgan fingerprint density at radius 1 is 0.886 bits per heavy atom. The summed E-state index contributed by atoms with van der Waals surface area (Å²) in [4.78, 5) is 0. The molecule has 0 saturated carbocycles. The van der Waals surface area contributed by atoms with Crippen molar-refractivity contribution in [2.24, 2.45) is 0 Å². The van der Waals surface area contributed by atoms with Gasteiger partial charge in [-0.25, -0.2) is 0 Å². The number of rotatable bonds is 11. The summed E-state index contributed by atoms with van der Waals surface area (Å²) in [7, 11) is 0. The quantitative estimate of drug-likeness (QED) is 0.325. The fourth-order valence-electron chi connectivity index (χ4n) is 4.21. The highest BCUT2D eigenvalue weighted by atomic mass is 35.5. The van der Waals surface area contributed by atoms with Crippen LogP contribution in [0.3, 0.4) is 0 Å². The molecule has 3 aromatic carbocycles. The van der Waals surface area contributed by atoms with Gasteiger partial charge in [-0.3, -0.25) is 0 Å². The summed E-state index contributed by atoms with van der Waals surface area (Å²) in [6.07, 6.45) is 0.0621. The second kappa shape index (κ2) is 13.3. The van der Waals surface area contributed by atoms with Gasteiger partial charge in [-0.05, 0) is 41.0 Å². The zero-order valence-corrected chi connectivity index (χ0v) is 21.0. The average Bonchev–Trinajstić information content (AvgIpc) is 2.87. The Morgan fingerprint density at radius 2 is 1.69 bits per heavy atom. The Kier molecular flexibility index (Phi) is 9.83. The van der Waals surface area contributed by atoms with Gasteiger partial charge in [0.05, 0.1) is 38.6 Å². The molecule has 0 bridgehead atoms. The van der Waals surface area contributed by atoms with Gasteiger partial charge in [0.1, 0.15) is 5.75 Å². The summed E-state index contributed by atoms with van der Waals surface area (Å²) in [5.41, 5.74) is 3.05. The number of halogens is 2. The van der Waals surface area contributed by atoms with Gasteiger partial charge in [-0.2, -0.15) is 0 Å². The number of aliphatic hydroxyl groups excluding tert-OH is 1. The number of nitrogens with one attached hydrogen (secondary N) is 1. The lowest BCUT2D eigenvalue weighted by atomic mass is 9.85. The molecule has 1 fully saturated rings. The number of hydrogen-bond donors (Lipinski definition) is 2. The van der Waals surface area contributed by atoms with Crippen LogP contribution in [-0.4, -0.2) is 43.6 Å². The molecule has 0 aromatic heterocycles. The predicted molar refractivity (Wildman–Crippen MR) is 139 cm³/mol. The number of β-amino-alcohol motifs (C(OH)–C–C–N with tert-alkyl or cyclic N) is 1. The van der Waals surface area contributed by atoms with Crippen molar-refractivity contribution in [2.75, 3.05) is 26.3 Å². The fourth-order valence-corrected chi connectivity index (χ4v) is 4.67. The van der Waals surface area contributed by atoms with Crippen LogP contribution < -0.4 is 10.1 Å². The van der Waals surface area contributed by atoms with Crippen molar-refractivity contribution in [3.63, 3.8) is 0 Å². The molecular formula is C28H31Cl2NO4. The van der Waals surface area contributed by atoms with Crippen LogP contribution in [0.1, 0.15) is 29.0 Å². The molecule has 0 amide bonds. The van der Waals surface area contributed by atoms with Crippen LogP contribution in [0.15, 0.2) is 72.8 Å². The van der Waals surface area contributed by atoms with Crippen molar-refractivity contribution in [3.8, 4) is 5.75 Å². The van der Waals surface area contributed by atoms with Crippen LogP contribution >= 0.6 is 23.2 Å². The van der Waals surface area contributed by atoms with E-state index in [2.05, 4.69) is 17.4 Å². The number of hydrogen-bond acceptors (Lipinski definition) is 5. The number of aliphatic hydroxyl groups is 1. The molecule has 1 heterocycles. The summed E-state index contributed by atoms with van der Waals surface area (Å²) < 4.78 is 17.8. The van der Waals surface area contributed by atoms with E-state index < -0.39 is 6.10 Å². The lowest BCUT2D eigenvalue weighted by Gasteiger charge is -2.36. The maximum absolute atomic E-state index is 10.7. The van der Waals surface area contributed by atoms with Crippen LogP contribution in [-0.2, 0) is 22.7 Å². The van der Waals surface area contributed by atoms with E-state index >= 15 is 0 Å². The molecule has 1 saturated heterocycles. The van der Waals surface area contributed by atoms with Crippen LogP contribution in [0.2, 0.25) is 10.0 Å². The highest BCUT2D eigenvalue weighted by molar-refractivity contribution is 6.35. The second-order valence-corrected chi connectivity index (χ2v) is 9.49. The summed E-state index contributed by atoms with van der Waals surface area (Å²) >= 11 is 12.3. The topological polar surface area (TPSA) is 60.0 Å². The molecule has 0 radical (unpaired) electrons. The van der Waals surface area contributed by atoms with Crippen molar-refractivity contribution in [1.82, 2.24) is 5.32 Å². The van der Waals surface area contributed by atoms with Crippen LogP contribution in [0, 0.1) is 0 Å². The maximum Gasteiger partial charge on any atom is 0.119 e. The molecule has 0 spiro atoms. The van der Waals surface area contributed by atoms with Crippen LogP contribution in [0.5, 0.6) is 5.75 Å². The van der Waals surface area contributed by atoms with Crippen LogP contribution in [0.25, 0.3) is 0 Å². The molecule has 0 aliphatic carbocycles. The minimum Gasteiger partial charge on any atom is -0.494 e.